The van der Waals surface area contributed by atoms with E-state index in [0.717, 1.165) is 0 Å². The molecule has 124 valence electrons. The van der Waals surface area contributed by atoms with E-state index in [-0.39, 0.29) is 21.8 Å². The van der Waals surface area contributed by atoms with Crippen LogP contribution in [0.2, 0.25) is 0 Å². The van der Waals surface area contributed by atoms with Crippen molar-refractivity contribution in [2.45, 2.75) is 4.90 Å². The van der Waals surface area contributed by atoms with Gasteiger partial charge in [-0.05, 0) is 31.3 Å². The van der Waals surface area contributed by atoms with Gasteiger partial charge in [-0.3, -0.25) is 14.9 Å². The maximum Gasteiger partial charge on any atom is 0.294 e. The van der Waals surface area contributed by atoms with Crippen molar-refractivity contribution in [2.24, 2.45) is 0 Å². The van der Waals surface area contributed by atoms with Gasteiger partial charge in [-0.1, -0.05) is 0 Å². The Morgan fingerprint density at radius 3 is 2.71 bits per heavy atom. The number of nitrogens with zero attached hydrogens (tertiary/aromatic N) is 1. The second kappa shape index (κ2) is 5.58. The molecule has 1 aromatic heterocycles. The lowest BCUT2D eigenvalue weighted by atomic mass is 10.1. The minimum absolute atomic E-state index is 0.00728. The van der Waals surface area contributed by atoms with E-state index in [1.807, 2.05) is 0 Å². The summed E-state index contributed by atoms with van der Waals surface area (Å²) in [7, 11) is -2.39. The van der Waals surface area contributed by atoms with Crippen LogP contribution in [-0.2, 0) is 14.8 Å². The normalized spacial score (nSPS) is 15.4. The number of aromatic amines is 1. The third-order valence-electron chi connectivity index (χ3n) is 3.59. The van der Waals surface area contributed by atoms with Crippen molar-refractivity contribution in [3.8, 4) is 0 Å². The molecule has 0 aliphatic carbocycles. The van der Waals surface area contributed by atoms with Gasteiger partial charge in [0.15, 0.2) is 0 Å². The van der Waals surface area contributed by atoms with Crippen molar-refractivity contribution in [3.05, 3.63) is 51.8 Å². The van der Waals surface area contributed by atoms with Crippen LogP contribution in [0.25, 0.3) is 11.6 Å². The molecule has 1 aliphatic heterocycles. The van der Waals surface area contributed by atoms with Gasteiger partial charge in [0.25, 0.3) is 11.6 Å². The van der Waals surface area contributed by atoms with Crippen LogP contribution < -0.4 is 10.0 Å². The van der Waals surface area contributed by atoms with Crippen molar-refractivity contribution < 1.29 is 18.1 Å². The number of benzene rings is 1. The summed E-state index contributed by atoms with van der Waals surface area (Å²) >= 11 is 0. The summed E-state index contributed by atoms with van der Waals surface area (Å²) < 4.78 is 26.0. The molecule has 0 spiro atoms. The summed E-state index contributed by atoms with van der Waals surface area (Å²) in [5, 5.41) is 13.6. The van der Waals surface area contributed by atoms with E-state index in [0.29, 0.717) is 11.3 Å². The standard InChI is InChI=1S/C14H12N4O5S/c1-15-24(22,23)8-2-3-11-9(6-8)10(14(19)17-11)7-12-13(18(20)21)4-5-16-12/h2-7,15-16H,1H3,(H,17,19). The molecule has 0 radical (unpaired) electrons. The molecule has 0 bridgehead atoms. The summed E-state index contributed by atoms with van der Waals surface area (Å²) in [4.78, 5) is 25.2. The number of hydrogen-bond donors (Lipinski definition) is 3. The van der Waals surface area contributed by atoms with Crippen LogP contribution in [0.1, 0.15) is 11.3 Å². The molecule has 1 aromatic carbocycles. The van der Waals surface area contributed by atoms with Gasteiger partial charge in [-0.2, -0.15) is 0 Å². The van der Waals surface area contributed by atoms with Gasteiger partial charge >= 0.3 is 0 Å². The highest BCUT2D eigenvalue weighted by Crippen LogP contribution is 2.35. The lowest BCUT2D eigenvalue weighted by Gasteiger charge is -2.05. The molecule has 1 aliphatic rings. The van der Waals surface area contributed by atoms with Gasteiger partial charge in [0, 0.05) is 23.5 Å². The number of carbonyl (C=O) groups excluding carboxylic acids is 1. The van der Waals surface area contributed by atoms with E-state index in [2.05, 4.69) is 15.0 Å². The highest BCUT2D eigenvalue weighted by Gasteiger charge is 2.27. The molecule has 2 heterocycles. The summed E-state index contributed by atoms with van der Waals surface area (Å²) in [5.41, 5.74) is 0.919. The molecule has 3 rings (SSSR count). The fraction of sp³-hybridized carbons (Fsp3) is 0.0714. The first kappa shape index (κ1) is 15.9. The van der Waals surface area contributed by atoms with Gasteiger partial charge in [-0.15, -0.1) is 0 Å². The molecule has 0 saturated heterocycles. The Labute approximate surface area is 136 Å². The number of hydrogen-bond acceptors (Lipinski definition) is 5. The van der Waals surface area contributed by atoms with Crippen LogP contribution in [0.15, 0.2) is 35.4 Å². The molecule has 9 nitrogen and oxygen atoms in total. The van der Waals surface area contributed by atoms with Crippen LogP contribution in [0, 0.1) is 10.1 Å². The topological polar surface area (TPSA) is 134 Å². The van der Waals surface area contributed by atoms with Crippen LogP contribution in [0.4, 0.5) is 11.4 Å². The van der Waals surface area contributed by atoms with Gasteiger partial charge in [0.05, 0.1) is 15.4 Å². The maximum absolute atomic E-state index is 12.1. The van der Waals surface area contributed by atoms with Gasteiger partial charge < -0.3 is 10.3 Å². The number of sulfonamides is 1. The predicted octanol–water partition coefficient (Wildman–Crippen LogP) is 1.32. The lowest BCUT2D eigenvalue weighted by molar-refractivity contribution is -0.384. The molecule has 2 aromatic rings. The molecule has 3 N–H and O–H groups in total. The zero-order chi connectivity index (χ0) is 17.5. The van der Waals surface area contributed by atoms with E-state index in [1.54, 1.807) is 0 Å². The Hall–Kier alpha value is -2.98. The maximum atomic E-state index is 12.1. The fourth-order valence-electron chi connectivity index (χ4n) is 2.39. The van der Waals surface area contributed by atoms with Crippen molar-refractivity contribution in [2.75, 3.05) is 12.4 Å². The smallest absolute Gasteiger partial charge is 0.294 e. The number of fused-ring (bicyclic) bond motifs is 1. The Kier molecular flexibility index (Phi) is 3.70. The number of amides is 1. The van der Waals surface area contributed by atoms with Crippen LogP contribution in [0.5, 0.6) is 0 Å². The van der Waals surface area contributed by atoms with E-state index < -0.39 is 20.9 Å². The lowest BCUT2D eigenvalue weighted by Crippen LogP contribution is -2.18. The van der Waals surface area contributed by atoms with Gasteiger partial charge in [0.1, 0.15) is 5.69 Å². The Bertz CT molecular complexity index is 990. The Balaban J connectivity index is 2.14. The summed E-state index contributed by atoms with van der Waals surface area (Å²) in [6.45, 7) is 0. The molecule has 0 unspecified atom stereocenters. The first-order chi connectivity index (χ1) is 11.3. The second-order valence-electron chi connectivity index (χ2n) is 4.96. The van der Waals surface area contributed by atoms with Gasteiger partial charge in [-0.25, -0.2) is 13.1 Å². The average Bonchev–Trinajstić information content (AvgIpc) is 3.12. The first-order valence-corrected chi connectivity index (χ1v) is 8.24. The van der Waals surface area contributed by atoms with Crippen molar-refractivity contribution >= 4 is 39.0 Å². The average molecular weight is 348 g/mol. The summed E-state index contributed by atoms with van der Waals surface area (Å²) in [6.07, 6.45) is 2.72. The number of H-pyrrole nitrogens is 1. The number of nitro groups is 1. The largest absolute Gasteiger partial charge is 0.356 e. The van der Waals surface area contributed by atoms with Crippen LogP contribution >= 0.6 is 0 Å². The number of rotatable bonds is 4. The third kappa shape index (κ3) is 2.57. The second-order valence-corrected chi connectivity index (χ2v) is 6.85. The van der Waals surface area contributed by atoms with Crippen LogP contribution in [0.3, 0.4) is 0 Å². The molecule has 1 amide bonds. The molecular formula is C14H12N4O5S. The highest BCUT2D eigenvalue weighted by atomic mass is 32.2. The third-order valence-corrected chi connectivity index (χ3v) is 5.01. The summed E-state index contributed by atoms with van der Waals surface area (Å²) in [5.74, 6) is -0.465. The monoisotopic (exact) mass is 348 g/mol. The Morgan fingerprint density at radius 1 is 1.29 bits per heavy atom. The minimum atomic E-state index is -3.68. The first-order valence-electron chi connectivity index (χ1n) is 6.76. The predicted molar refractivity (Wildman–Crippen MR) is 86.6 cm³/mol. The number of aromatic nitrogens is 1. The molecule has 24 heavy (non-hydrogen) atoms. The van der Waals surface area contributed by atoms with Crippen molar-refractivity contribution in [1.82, 2.24) is 9.71 Å². The number of nitrogens with one attached hydrogen (secondary N) is 3. The molecule has 0 atom stereocenters. The number of anilines is 1. The zero-order valence-corrected chi connectivity index (χ0v) is 13.2. The van der Waals surface area contributed by atoms with Crippen molar-refractivity contribution in [3.63, 3.8) is 0 Å². The van der Waals surface area contributed by atoms with E-state index in [1.165, 1.54) is 43.6 Å². The molecular weight excluding hydrogens is 336 g/mol. The van der Waals surface area contributed by atoms with Crippen molar-refractivity contribution in [1.29, 1.82) is 0 Å². The summed E-state index contributed by atoms with van der Waals surface area (Å²) in [6, 6.07) is 5.47. The number of carbonyl (C=O) groups is 1. The van der Waals surface area contributed by atoms with Gasteiger partial charge in [0.2, 0.25) is 10.0 Å². The molecule has 0 fully saturated rings. The quantitative estimate of drug-likeness (QED) is 0.435. The van der Waals surface area contributed by atoms with E-state index >= 15 is 0 Å². The molecule has 0 saturated carbocycles. The van der Waals surface area contributed by atoms with E-state index in [4.69, 9.17) is 0 Å². The minimum Gasteiger partial charge on any atom is -0.356 e. The SMILES string of the molecule is CNS(=O)(=O)c1ccc2c(c1)C(=Cc1[nH]ccc1[N+](=O)[O-])C(=O)N2. The molecule has 10 heteroatoms. The van der Waals surface area contributed by atoms with E-state index in [9.17, 15) is 23.3 Å². The fourth-order valence-corrected chi connectivity index (χ4v) is 3.14. The van der Waals surface area contributed by atoms with Crippen LogP contribution in [-0.4, -0.2) is 31.3 Å². The zero-order valence-electron chi connectivity index (χ0n) is 12.4. The Morgan fingerprint density at radius 2 is 2.04 bits per heavy atom. The highest BCUT2D eigenvalue weighted by molar-refractivity contribution is 7.89.